The predicted octanol–water partition coefficient (Wildman–Crippen LogP) is 3.45. The lowest BCUT2D eigenvalue weighted by Crippen LogP contribution is -2.34. The number of nitrogens with zero attached hydrogens (tertiary/aromatic N) is 1. The second-order valence-electron chi connectivity index (χ2n) is 6.51. The molecule has 3 aromatic rings. The zero-order chi connectivity index (χ0) is 21.0. The van der Waals surface area contributed by atoms with Gasteiger partial charge in [0.1, 0.15) is 0 Å². The fourth-order valence-electron chi connectivity index (χ4n) is 3.05. The van der Waals surface area contributed by atoms with Crippen molar-refractivity contribution in [3.8, 4) is 0 Å². The van der Waals surface area contributed by atoms with E-state index in [9.17, 15) is 18.0 Å². The fraction of sp³-hybridized carbons (Fsp3) is 0.182. The van der Waals surface area contributed by atoms with Crippen molar-refractivity contribution in [3.05, 3.63) is 72.3 Å². The van der Waals surface area contributed by atoms with Crippen LogP contribution < -0.4 is 4.90 Å². The zero-order valence-corrected chi connectivity index (χ0v) is 17.0. The van der Waals surface area contributed by atoms with E-state index in [-0.39, 0.29) is 16.4 Å². The van der Waals surface area contributed by atoms with Gasteiger partial charge in [-0.1, -0.05) is 36.4 Å². The molecule has 0 unspecified atom stereocenters. The first-order valence-corrected chi connectivity index (χ1v) is 11.0. The summed E-state index contributed by atoms with van der Waals surface area (Å²) in [5.74, 6) is -1.03. The minimum absolute atomic E-state index is 0.109. The van der Waals surface area contributed by atoms with Crippen molar-refractivity contribution in [2.75, 3.05) is 24.3 Å². The van der Waals surface area contributed by atoms with Crippen LogP contribution >= 0.6 is 0 Å². The Morgan fingerprint density at radius 1 is 0.931 bits per heavy atom. The summed E-state index contributed by atoms with van der Waals surface area (Å²) >= 11 is 0. The Bertz CT molecular complexity index is 1150. The molecule has 0 aliphatic carbocycles. The standard InChI is InChI=1S/C22H21NO5S/c1-3-23(20-10-6-8-16-7-4-5-9-19(16)20)21(24)15-28-22(25)17-11-13-18(14-12-17)29(2,26)27/h4-14H,3,15H2,1-2H3. The number of hydrogen-bond donors (Lipinski definition) is 0. The average Bonchev–Trinajstić information content (AvgIpc) is 2.72. The molecule has 0 aromatic heterocycles. The van der Waals surface area contributed by atoms with Crippen molar-refractivity contribution in [2.24, 2.45) is 0 Å². The zero-order valence-electron chi connectivity index (χ0n) is 16.2. The van der Waals surface area contributed by atoms with E-state index in [1.807, 2.05) is 49.4 Å². The van der Waals surface area contributed by atoms with Gasteiger partial charge in [-0.05, 0) is 42.6 Å². The van der Waals surface area contributed by atoms with Crippen LogP contribution in [-0.4, -0.2) is 39.7 Å². The van der Waals surface area contributed by atoms with Crippen LogP contribution in [0.5, 0.6) is 0 Å². The molecule has 29 heavy (non-hydrogen) atoms. The molecule has 0 aliphatic heterocycles. The maximum Gasteiger partial charge on any atom is 0.338 e. The molecule has 6 nitrogen and oxygen atoms in total. The van der Waals surface area contributed by atoms with Gasteiger partial charge in [-0.15, -0.1) is 0 Å². The average molecular weight is 411 g/mol. The third kappa shape index (κ3) is 4.63. The summed E-state index contributed by atoms with van der Waals surface area (Å²) < 4.78 is 28.1. The van der Waals surface area contributed by atoms with Crippen LogP contribution in [0.2, 0.25) is 0 Å². The molecule has 0 spiro atoms. The summed E-state index contributed by atoms with van der Waals surface area (Å²) in [7, 11) is -3.35. The van der Waals surface area contributed by atoms with Gasteiger partial charge in [0.15, 0.2) is 16.4 Å². The Kier molecular flexibility index (Phi) is 5.98. The molecule has 0 bridgehead atoms. The van der Waals surface area contributed by atoms with Crippen LogP contribution in [0.1, 0.15) is 17.3 Å². The van der Waals surface area contributed by atoms with Gasteiger partial charge >= 0.3 is 5.97 Å². The van der Waals surface area contributed by atoms with Gasteiger partial charge in [-0.25, -0.2) is 13.2 Å². The lowest BCUT2D eigenvalue weighted by molar-refractivity contribution is -0.121. The Morgan fingerprint density at radius 3 is 2.24 bits per heavy atom. The molecule has 0 heterocycles. The highest BCUT2D eigenvalue weighted by atomic mass is 32.2. The summed E-state index contributed by atoms with van der Waals surface area (Å²) in [5, 5.41) is 1.95. The lowest BCUT2D eigenvalue weighted by Gasteiger charge is -2.22. The lowest BCUT2D eigenvalue weighted by atomic mass is 10.1. The number of sulfone groups is 1. The van der Waals surface area contributed by atoms with Crippen LogP contribution in [0, 0.1) is 0 Å². The van der Waals surface area contributed by atoms with Gasteiger partial charge in [0, 0.05) is 18.2 Å². The molecule has 0 fully saturated rings. The first kappa shape index (κ1) is 20.5. The Labute approximate surface area is 169 Å². The second-order valence-corrected chi connectivity index (χ2v) is 8.52. The normalized spacial score (nSPS) is 11.2. The Morgan fingerprint density at radius 2 is 1.59 bits per heavy atom. The molecular weight excluding hydrogens is 390 g/mol. The first-order valence-electron chi connectivity index (χ1n) is 9.06. The summed E-state index contributed by atoms with van der Waals surface area (Å²) in [6.45, 7) is 1.86. The van der Waals surface area contributed by atoms with Crippen LogP contribution in [0.15, 0.2) is 71.6 Å². The van der Waals surface area contributed by atoms with E-state index in [2.05, 4.69) is 0 Å². The van der Waals surface area contributed by atoms with Crippen molar-refractivity contribution in [1.29, 1.82) is 0 Å². The van der Waals surface area contributed by atoms with Crippen LogP contribution in [0.4, 0.5) is 5.69 Å². The van der Waals surface area contributed by atoms with Crippen molar-refractivity contribution < 1.29 is 22.7 Å². The second kappa shape index (κ2) is 8.45. The van der Waals surface area contributed by atoms with Crippen LogP contribution in [0.3, 0.4) is 0 Å². The van der Waals surface area contributed by atoms with E-state index in [1.165, 1.54) is 24.3 Å². The van der Waals surface area contributed by atoms with E-state index in [0.29, 0.717) is 6.54 Å². The van der Waals surface area contributed by atoms with Crippen molar-refractivity contribution in [2.45, 2.75) is 11.8 Å². The molecule has 0 radical (unpaired) electrons. The smallest absolute Gasteiger partial charge is 0.338 e. The van der Waals surface area contributed by atoms with Gasteiger partial charge in [-0.3, -0.25) is 4.79 Å². The number of ether oxygens (including phenoxy) is 1. The minimum atomic E-state index is -3.35. The SMILES string of the molecule is CCN(C(=O)COC(=O)c1ccc(S(C)(=O)=O)cc1)c1cccc2ccccc12. The van der Waals surface area contributed by atoms with Gasteiger partial charge in [0.2, 0.25) is 0 Å². The maximum absolute atomic E-state index is 12.7. The van der Waals surface area contributed by atoms with Gasteiger partial charge in [0.05, 0.1) is 16.1 Å². The summed E-state index contributed by atoms with van der Waals surface area (Å²) in [4.78, 5) is 26.6. The largest absolute Gasteiger partial charge is 0.452 e. The number of esters is 1. The third-order valence-electron chi connectivity index (χ3n) is 4.52. The molecule has 0 aliphatic rings. The predicted molar refractivity (Wildman–Crippen MR) is 112 cm³/mol. The number of benzene rings is 3. The molecule has 0 N–H and O–H groups in total. The topological polar surface area (TPSA) is 80.8 Å². The summed E-state index contributed by atoms with van der Waals surface area (Å²) in [5.41, 5.74) is 0.933. The van der Waals surface area contributed by atoms with E-state index >= 15 is 0 Å². The van der Waals surface area contributed by atoms with Crippen molar-refractivity contribution >= 4 is 38.2 Å². The van der Waals surface area contributed by atoms with E-state index in [1.54, 1.807) is 4.90 Å². The molecule has 7 heteroatoms. The summed E-state index contributed by atoms with van der Waals surface area (Å²) in [6, 6.07) is 18.9. The molecule has 0 saturated heterocycles. The summed E-state index contributed by atoms with van der Waals surface area (Å²) in [6.07, 6.45) is 1.09. The number of fused-ring (bicyclic) bond motifs is 1. The molecule has 0 saturated carbocycles. The van der Waals surface area contributed by atoms with E-state index in [4.69, 9.17) is 4.74 Å². The first-order chi connectivity index (χ1) is 13.8. The van der Waals surface area contributed by atoms with E-state index in [0.717, 1.165) is 22.7 Å². The molecule has 150 valence electrons. The number of carbonyl (C=O) groups excluding carboxylic acids is 2. The monoisotopic (exact) mass is 411 g/mol. The highest BCUT2D eigenvalue weighted by molar-refractivity contribution is 7.90. The molecular formula is C22H21NO5S. The quantitative estimate of drug-likeness (QED) is 0.581. The Hall–Kier alpha value is -3.19. The molecule has 3 aromatic carbocycles. The molecule has 3 rings (SSSR count). The highest BCUT2D eigenvalue weighted by Crippen LogP contribution is 2.26. The molecule has 0 atom stereocenters. The number of anilines is 1. The molecule has 1 amide bonds. The van der Waals surface area contributed by atoms with Crippen LogP contribution in [0.25, 0.3) is 10.8 Å². The number of rotatable bonds is 6. The van der Waals surface area contributed by atoms with Gasteiger partial charge in [-0.2, -0.15) is 0 Å². The minimum Gasteiger partial charge on any atom is -0.452 e. The third-order valence-corrected chi connectivity index (χ3v) is 5.65. The Balaban J connectivity index is 1.72. The van der Waals surface area contributed by atoms with Crippen LogP contribution in [-0.2, 0) is 19.4 Å². The van der Waals surface area contributed by atoms with Gasteiger partial charge < -0.3 is 9.64 Å². The number of carbonyl (C=O) groups is 2. The van der Waals surface area contributed by atoms with Gasteiger partial charge in [0.25, 0.3) is 5.91 Å². The highest BCUT2D eigenvalue weighted by Gasteiger charge is 2.19. The maximum atomic E-state index is 12.7. The fourth-order valence-corrected chi connectivity index (χ4v) is 3.68. The number of hydrogen-bond acceptors (Lipinski definition) is 5. The van der Waals surface area contributed by atoms with Crippen molar-refractivity contribution in [3.63, 3.8) is 0 Å². The number of likely N-dealkylation sites (N-methyl/N-ethyl adjacent to an activating group) is 1. The number of amides is 1. The van der Waals surface area contributed by atoms with Crippen molar-refractivity contribution in [1.82, 2.24) is 0 Å². The van der Waals surface area contributed by atoms with E-state index < -0.39 is 22.4 Å².